The monoisotopic (exact) mass is 513 g/mol. The summed E-state index contributed by atoms with van der Waals surface area (Å²) in [6.45, 7) is 2.40. The molecule has 10 heteroatoms. The zero-order valence-electron chi connectivity index (χ0n) is 19.6. The van der Waals surface area contributed by atoms with E-state index >= 15 is 0 Å². The first kappa shape index (κ1) is 25.9. The van der Waals surface area contributed by atoms with Crippen molar-refractivity contribution in [1.29, 1.82) is 5.26 Å². The zero-order chi connectivity index (χ0) is 27.1. The predicted molar refractivity (Wildman–Crippen MR) is 127 cm³/mol. The summed E-state index contributed by atoms with van der Waals surface area (Å²) in [5, 5.41) is 22.3. The highest BCUT2D eigenvalue weighted by atomic mass is 19.4. The Morgan fingerprint density at radius 2 is 1.76 bits per heavy atom. The number of carbonyl (C=O) groups excluding carboxylic acids is 1. The minimum absolute atomic E-state index is 0.223. The average molecular weight is 513 g/mol. The molecule has 1 aromatic heterocycles. The number of benzene rings is 3. The third kappa shape index (κ3) is 5.17. The molecule has 37 heavy (non-hydrogen) atoms. The van der Waals surface area contributed by atoms with Gasteiger partial charge >= 0.3 is 6.18 Å². The van der Waals surface area contributed by atoms with Crippen LogP contribution in [0.1, 0.15) is 23.6 Å². The smallest absolute Gasteiger partial charge is 0.378 e. The minimum Gasteiger partial charge on any atom is -0.378 e. The topological polar surface area (TPSA) is 78.1 Å². The molecule has 5 nitrogen and oxygen atoms in total. The minimum atomic E-state index is -4.82. The van der Waals surface area contributed by atoms with Crippen LogP contribution in [0.2, 0.25) is 0 Å². The number of halogens is 5. The summed E-state index contributed by atoms with van der Waals surface area (Å²) >= 11 is 0. The molecule has 3 aromatic carbocycles. The van der Waals surface area contributed by atoms with E-state index < -0.39 is 40.4 Å². The van der Waals surface area contributed by atoms with Crippen molar-refractivity contribution < 1.29 is 31.9 Å². The number of amides is 1. The molecule has 0 unspecified atom stereocenters. The molecule has 1 atom stereocenters. The molecule has 0 aliphatic heterocycles. The predicted octanol–water partition coefficient (Wildman–Crippen LogP) is 6.18. The van der Waals surface area contributed by atoms with Crippen LogP contribution in [0.5, 0.6) is 0 Å². The van der Waals surface area contributed by atoms with Crippen LogP contribution in [0.3, 0.4) is 0 Å². The molecule has 0 saturated carbocycles. The molecule has 0 bridgehead atoms. The summed E-state index contributed by atoms with van der Waals surface area (Å²) in [5.41, 5.74) is -2.45. The number of nitrogens with one attached hydrogen (secondary N) is 1. The number of hydrogen-bond acceptors (Lipinski definition) is 3. The summed E-state index contributed by atoms with van der Waals surface area (Å²) < 4.78 is 69.7. The lowest BCUT2D eigenvalue weighted by atomic mass is 10.0. The Kier molecular flexibility index (Phi) is 6.52. The number of carbonyl (C=O) groups is 1. The standard InChI is InChI=1S/C27H20F5N3O2/c1-15-9-16(4-6-22(15)28)18-10-23(29)20-7-8-35(24(20)11-18)14-26(2,37)25(36)34-19-5-3-17(13-33)21(12-19)27(30,31)32/h3-12,37H,14H2,1-2H3,(H,34,36)/t26-/m0/s1. The first-order valence-electron chi connectivity index (χ1n) is 11.0. The Bertz CT molecular complexity index is 1570. The van der Waals surface area contributed by atoms with Crippen LogP contribution in [0.15, 0.2) is 60.8 Å². The van der Waals surface area contributed by atoms with Gasteiger partial charge in [-0.3, -0.25) is 4.79 Å². The Morgan fingerprint density at radius 1 is 1.03 bits per heavy atom. The summed E-state index contributed by atoms with van der Waals surface area (Å²) in [5.74, 6) is -1.96. The van der Waals surface area contributed by atoms with E-state index in [1.807, 2.05) is 0 Å². The van der Waals surface area contributed by atoms with E-state index in [-0.39, 0.29) is 17.6 Å². The van der Waals surface area contributed by atoms with Gasteiger partial charge in [-0.15, -0.1) is 0 Å². The average Bonchev–Trinajstić information content (AvgIpc) is 3.22. The second-order valence-electron chi connectivity index (χ2n) is 8.90. The lowest BCUT2D eigenvalue weighted by Gasteiger charge is -2.24. The van der Waals surface area contributed by atoms with Crippen molar-refractivity contribution >= 4 is 22.5 Å². The molecule has 1 heterocycles. The van der Waals surface area contributed by atoms with E-state index in [2.05, 4.69) is 5.32 Å². The second-order valence-corrected chi connectivity index (χ2v) is 8.90. The Morgan fingerprint density at radius 3 is 2.41 bits per heavy atom. The van der Waals surface area contributed by atoms with Gasteiger partial charge in [0.05, 0.1) is 29.3 Å². The third-order valence-electron chi connectivity index (χ3n) is 6.00. The fourth-order valence-electron chi connectivity index (χ4n) is 4.00. The van der Waals surface area contributed by atoms with Gasteiger partial charge < -0.3 is 15.0 Å². The van der Waals surface area contributed by atoms with Gasteiger partial charge in [0.25, 0.3) is 5.91 Å². The molecule has 190 valence electrons. The number of alkyl halides is 3. The fourth-order valence-corrected chi connectivity index (χ4v) is 4.00. The van der Waals surface area contributed by atoms with E-state index in [1.165, 1.54) is 48.0 Å². The summed E-state index contributed by atoms with van der Waals surface area (Å²) in [6, 6.07) is 12.9. The maximum absolute atomic E-state index is 14.9. The number of fused-ring (bicyclic) bond motifs is 1. The molecule has 4 rings (SSSR count). The van der Waals surface area contributed by atoms with Crippen LogP contribution >= 0.6 is 0 Å². The van der Waals surface area contributed by atoms with E-state index in [1.54, 1.807) is 19.1 Å². The Labute approximate surface area is 208 Å². The number of anilines is 1. The second kappa shape index (κ2) is 9.33. The zero-order valence-corrected chi connectivity index (χ0v) is 19.6. The molecule has 0 radical (unpaired) electrons. The first-order valence-corrected chi connectivity index (χ1v) is 11.0. The summed E-state index contributed by atoms with van der Waals surface area (Å²) in [7, 11) is 0. The van der Waals surface area contributed by atoms with Crippen molar-refractivity contribution in [1.82, 2.24) is 4.57 Å². The van der Waals surface area contributed by atoms with Crippen molar-refractivity contribution in [2.45, 2.75) is 32.2 Å². The van der Waals surface area contributed by atoms with Crippen molar-refractivity contribution in [3.05, 3.63) is 89.1 Å². The van der Waals surface area contributed by atoms with Crippen LogP contribution < -0.4 is 5.32 Å². The highest BCUT2D eigenvalue weighted by Crippen LogP contribution is 2.34. The largest absolute Gasteiger partial charge is 0.417 e. The number of hydrogen-bond donors (Lipinski definition) is 2. The van der Waals surface area contributed by atoms with Crippen molar-refractivity contribution in [3.63, 3.8) is 0 Å². The molecule has 0 fully saturated rings. The quantitative estimate of drug-likeness (QED) is 0.313. The van der Waals surface area contributed by atoms with Gasteiger partial charge in [-0.05, 0) is 79.1 Å². The van der Waals surface area contributed by atoms with Crippen LogP contribution in [0, 0.1) is 29.9 Å². The van der Waals surface area contributed by atoms with E-state index in [0.29, 0.717) is 28.3 Å². The Hall–Kier alpha value is -4.23. The molecule has 4 aromatic rings. The van der Waals surface area contributed by atoms with Crippen LogP contribution in [-0.4, -0.2) is 21.2 Å². The van der Waals surface area contributed by atoms with Gasteiger partial charge in [0, 0.05) is 17.3 Å². The van der Waals surface area contributed by atoms with E-state index in [0.717, 1.165) is 12.1 Å². The highest BCUT2D eigenvalue weighted by Gasteiger charge is 2.35. The number of nitriles is 1. The van der Waals surface area contributed by atoms with Gasteiger partial charge in [-0.25, -0.2) is 8.78 Å². The summed E-state index contributed by atoms with van der Waals surface area (Å²) in [6.07, 6.45) is -3.35. The number of rotatable bonds is 5. The molecule has 2 N–H and O–H groups in total. The molecule has 0 aliphatic carbocycles. The van der Waals surface area contributed by atoms with Crippen LogP contribution in [0.4, 0.5) is 27.6 Å². The van der Waals surface area contributed by atoms with E-state index in [4.69, 9.17) is 5.26 Å². The van der Waals surface area contributed by atoms with Gasteiger partial charge in [0.15, 0.2) is 5.60 Å². The number of aromatic nitrogens is 1. The van der Waals surface area contributed by atoms with Crippen LogP contribution in [-0.2, 0) is 17.5 Å². The maximum atomic E-state index is 14.9. The van der Waals surface area contributed by atoms with Gasteiger partial charge in [-0.1, -0.05) is 6.07 Å². The maximum Gasteiger partial charge on any atom is 0.417 e. The van der Waals surface area contributed by atoms with E-state index in [9.17, 15) is 31.9 Å². The molecular formula is C27H20F5N3O2. The molecule has 0 aliphatic rings. The Balaban J connectivity index is 1.63. The molecule has 1 amide bonds. The normalized spacial score (nSPS) is 13.3. The molecular weight excluding hydrogens is 493 g/mol. The lowest BCUT2D eigenvalue weighted by molar-refractivity contribution is -0.138. The highest BCUT2D eigenvalue weighted by molar-refractivity contribution is 5.97. The molecule has 0 saturated heterocycles. The SMILES string of the molecule is Cc1cc(-c2cc(F)c3ccn(C[C@](C)(O)C(=O)Nc4ccc(C#N)c(C(F)(F)F)c4)c3c2)ccc1F. The number of aryl methyl sites for hydroxylation is 1. The van der Waals surface area contributed by atoms with Gasteiger partial charge in [0.1, 0.15) is 11.6 Å². The van der Waals surface area contributed by atoms with Crippen molar-refractivity contribution in [2.24, 2.45) is 0 Å². The molecule has 0 spiro atoms. The van der Waals surface area contributed by atoms with Crippen molar-refractivity contribution in [2.75, 3.05) is 5.32 Å². The number of aliphatic hydroxyl groups is 1. The third-order valence-corrected chi connectivity index (χ3v) is 6.00. The van der Waals surface area contributed by atoms with Crippen molar-refractivity contribution in [3.8, 4) is 17.2 Å². The fraction of sp³-hybridized carbons (Fsp3) is 0.185. The van der Waals surface area contributed by atoms with Gasteiger partial charge in [0.2, 0.25) is 0 Å². The number of nitrogens with zero attached hydrogens (tertiary/aromatic N) is 2. The van der Waals surface area contributed by atoms with Crippen LogP contribution in [0.25, 0.3) is 22.0 Å². The summed E-state index contributed by atoms with van der Waals surface area (Å²) in [4.78, 5) is 12.8. The lowest BCUT2D eigenvalue weighted by Crippen LogP contribution is -2.43. The van der Waals surface area contributed by atoms with Gasteiger partial charge in [-0.2, -0.15) is 18.4 Å². The first-order chi connectivity index (χ1) is 17.3.